The van der Waals surface area contributed by atoms with E-state index < -0.39 is 0 Å². The van der Waals surface area contributed by atoms with Crippen molar-refractivity contribution in [2.24, 2.45) is 0 Å². The maximum Gasteiger partial charge on any atom is 0.185 e. The van der Waals surface area contributed by atoms with Crippen LogP contribution in [0.3, 0.4) is 0 Å². The van der Waals surface area contributed by atoms with Crippen molar-refractivity contribution < 1.29 is 13.9 Å². The van der Waals surface area contributed by atoms with Gasteiger partial charge in [0.1, 0.15) is 18.1 Å². The molecule has 2 heterocycles. The third-order valence-electron chi connectivity index (χ3n) is 3.30. The van der Waals surface area contributed by atoms with Gasteiger partial charge in [-0.2, -0.15) is 5.10 Å². The molecule has 0 unspecified atom stereocenters. The van der Waals surface area contributed by atoms with Crippen molar-refractivity contribution in [2.45, 2.75) is 20.1 Å². The zero-order valence-corrected chi connectivity index (χ0v) is 12.2. The monoisotopic (exact) mass is 296 g/mol. The Morgan fingerprint density at radius 2 is 2.05 bits per heavy atom. The molecule has 0 saturated carbocycles. The predicted molar refractivity (Wildman–Crippen MR) is 81.8 cm³/mol. The lowest BCUT2D eigenvalue weighted by Gasteiger charge is -2.05. The van der Waals surface area contributed by atoms with Gasteiger partial charge in [-0.1, -0.05) is 0 Å². The number of furan rings is 1. The van der Waals surface area contributed by atoms with Crippen molar-refractivity contribution in [3.63, 3.8) is 0 Å². The van der Waals surface area contributed by atoms with Crippen LogP contribution in [-0.4, -0.2) is 16.1 Å². The number of aromatic nitrogens is 2. The van der Waals surface area contributed by atoms with E-state index in [2.05, 4.69) is 5.10 Å². The summed E-state index contributed by atoms with van der Waals surface area (Å²) >= 11 is 0. The van der Waals surface area contributed by atoms with Crippen LogP contribution in [-0.2, 0) is 13.2 Å². The van der Waals surface area contributed by atoms with E-state index in [0.717, 1.165) is 23.4 Å². The fourth-order valence-corrected chi connectivity index (χ4v) is 2.11. The minimum atomic E-state index is 0.322. The average molecular weight is 296 g/mol. The van der Waals surface area contributed by atoms with Gasteiger partial charge < -0.3 is 9.15 Å². The first-order chi connectivity index (χ1) is 10.8. The number of carbonyl (C=O) groups excluding carboxylic acids is 1. The topological polar surface area (TPSA) is 57.3 Å². The molecule has 3 rings (SSSR count). The molecule has 0 bridgehead atoms. The molecular weight excluding hydrogens is 280 g/mol. The Balaban J connectivity index is 1.64. The third-order valence-corrected chi connectivity index (χ3v) is 3.30. The summed E-state index contributed by atoms with van der Waals surface area (Å²) in [6.45, 7) is 3.37. The molecule has 0 aliphatic carbocycles. The van der Waals surface area contributed by atoms with Crippen LogP contribution in [0, 0.1) is 0 Å². The summed E-state index contributed by atoms with van der Waals surface area (Å²) in [4.78, 5) is 10.6. The Bertz CT molecular complexity index is 756. The van der Waals surface area contributed by atoms with Crippen LogP contribution < -0.4 is 4.74 Å². The summed E-state index contributed by atoms with van der Waals surface area (Å²) in [6.07, 6.45) is 4.47. The SMILES string of the molecule is CCn1cc(COc2ccc(-c3ccc(C=O)o3)cc2)cn1. The standard InChI is InChI=1S/C17H16N2O3/c1-2-19-10-13(9-18-19)12-21-15-5-3-14(4-6-15)17-8-7-16(11-20)22-17/h3-11H,2,12H2,1H3. The van der Waals surface area contributed by atoms with E-state index in [9.17, 15) is 4.79 Å². The quantitative estimate of drug-likeness (QED) is 0.653. The number of aryl methyl sites for hydroxylation is 1. The number of aldehydes is 1. The van der Waals surface area contributed by atoms with Crippen LogP contribution in [0.4, 0.5) is 0 Å². The molecule has 0 atom stereocenters. The van der Waals surface area contributed by atoms with E-state index in [4.69, 9.17) is 9.15 Å². The van der Waals surface area contributed by atoms with Gasteiger partial charge in [-0.3, -0.25) is 9.48 Å². The first-order valence-corrected chi connectivity index (χ1v) is 7.08. The van der Waals surface area contributed by atoms with Crippen LogP contribution in [0.1, 0.15) is 23.0 Å². The van der Waals surface area contributed by atoms with Gasteiger partial charge in [0.15, 0.2) is 12.0 Å². The lowest BCUT2D eigenvalue weighted by atomic mass is 10.2. The number of carbonyl (C=O) groups is 1. The molecule has 2 aromatic heterocycles. The van der Waals surface area contributed by atoms with Gasteiger partial charge in [-0.25, -0.2) is 0 Å². The first kappa shape index (κ1) is 14.1. The van der Waals surface area contributed by atoms with Crippen molar-refractivity contribution in [1.82, 2.24) is 9.78 Å². The molecule has 0 saturated heterocycles. The normalized spacial score (nSPS) is 10.6. The first-order valence-electron chi connectivity index (χ1n) is 7.08. The molecule has 3 aromatic rings. The second-order valence-corrected chi connectivity index (χ2v) is 4.84. The number of benzene rings is 1. The summed E-state index contributed by atoms with van der Waals surface area (Å²) in [6, 6.07) is 11.0. The van der Waals surface area contributed by atoms with Gasteiger partial charge in [0.05, 0.1) is 6.20 Å². The Hall–Kier alpha value is -2.82. The summed E-state index contributed by atoms with van der Waals surface area (Å²) < 4.78 is 13.0. The van der Waals surface area contributed by atoms with Crippen molar-refractivity contribution >= 4 is 6.29 Å². The van der Waals surface area contributed by atoms with Crippen LogP contribution in [0.25, 0.3) is 11.3 Å². The lowest BCUT2D eigenvalue weighted by Crippen LogP contribution is -1.95. The largest absolute Gasteiger partial charge is 0.489 e. The van der Waals surface area contributed by atoms with E-state index in [0.29, 0.717) is 24.4 Å². The van der Waals surface area contributed by atoms with Crippen molar-refractivity contribution in [3.05, 3.63) is 60.1 Å². The highest BCUT2D eigenvalue weighted by molar-refractivity contribution is 5.72. The summed E-state index contributed by atoms with van der Waals surface area (Å²) in [5.74, 6) is 1.76. The van der Waals surface area contributed by atoms with Crippen LogP contribution in [0.5, 0.6) is 5.75 Å². The highest BCUT2D eigenvalue weighted by atomic mass is 16.5. The van der Waals surface area contributed by atoms with Gasteiger partial charge in [-0.15, -0.1) is 0 Å². The number of hydrogen-bond donors (Lipinski definition) is 0. The molecule has 5 nitrogen and oxygen atoms in total. The Morgan fingerprint density at radius 3 is 2.68 bits per heavy atom. The second-order valence-electron chi connectivity index (χ2n) is 4.84. The number of ether oxygens (including phenoxy) is 1. The minimum absolute atomic E-state index is 0.322. The maximum absolute atomic E-state index is 10.6. The molecule has 0 amide bonds. The second kappa shape index (κ2) is 6.30. The fraction of sp³-hybridized carbons (Fsp3) is 0.176. The molecule has 0 N–H and O–H groups in total. The predicted octanol–water partition coefficient (Wildman–Crippen LogP) is 3.55. The summed E-state index contributed by atoms with van der Waals surface area (Å²) in [5.41, 5.74) is 1.94. The van der Waals surface area contributed by atoms with E-state index >= 15 is 0 Å². The Kier molecular flexibility index (Phi) is 4.05. The number of rotatable bonds is 6. The fourth-order valence-electron chi connectivity index (χ4n) is 2.11. The molecule has 1 aromatic carbocycles. The van der Waals surface area contributed by atoms with Gasteiger partial charge in [-0.05, 0) is 43.3 Å². The van der Waals surface area contributed by atoms with Crippen molar-refractivity contribution in [3.8, 4) is 17.1 Å². The molecule has 0 aliphatic heterocycles. The minimum Gasteiger partial charge on any atom is -0.489 e. The van der Waals surface area contributed by atoms with Crippen molar-refractivity contribution in [1.29, 1.82) is 0 Å². The molecule has 112 valence electrons. The van der Waals surface area contributed by atoms with Gasteiger partial charge in [0.2, 0.25) is 0 Å². The zero-order chi connectivity index (χ0) is 15.4. The smallest absolute Gasteiger partial charge is 0.185 e. The van der Waals surface area contributed by atoms with Gasteiger partial charge in [0, 0.05) is 23.9 Å². The van der Waals surface area contributed by atoms with Crippen LogP contribution in [0.15, 0.2) is 53.2 Å². The molecule has 0 radical (unpaired) electrons. The van der Waals surface area contributed by atoms with E-state index in [1.54, 1.807) is 12.1 Å². The van der Waals surface area contributed by atoms with Crippen molar-refractivity contribution in [2.75, 3.05) is 0 Å². The van der Waals surface area contributed by atoms with E-state index in [-0.39, 0.29) is 0 Å². The summed E-state index contributed by atoms with van der Waals surface area (Å²) in [5, 5.41) is 4.21. The average Bonchev–Trinajstić information content (AvgIpc) is 3.22. The Labute approximate surface area is 128 Å². The highest BCUT2D eigenvalue weighted by Gasteiger charge is 2.05. The van der Waals surface area contributed by atoms with Crippen LogP contribution in [0.2, 0.25) is 0 Å². The van der Waals surface area contributed by atoms with E-state index in [1.807, 2.05) is 48.3 Å². The number of hydrogen-bond acceptors (Lipinski definition) is 4. The Morgan fingerprint density at radius 1 is 1.23 bits per heavy atom. The molecule has 0 fully saturated rings. The van der Waals surface area contributed by atoms with Gasteiger partial charge in [0.25, 0.3) is 0 Å². The highest BCUT2D eigenvalue weighted by Crippen LogP contribution is 2.24. The van der Waals surface area contributed by atoms with E-state index in [1.165, 1.54) is 0 Å². The summed E-state index contributed by atoms with van der Waals surface area (Å²) in [7, 11) is 0. The molecule has 0 spiro atoms. The maximum atomic E-state index is 10.6. The molecule has 22 heavy (non-hydrogen) atoms. The van der Waals surface area contributed by atoms with Gasteiger partial charge >= 0.3 is 0 Å². The zero-order valence-electron chi connectivity index (χ0n) is 12.2. The molecule has 5 heteroatoms. The third kappa shape index (κ3) is 3.09. The number of nitrogens with zero attached hydrogens (tertiary/aromatic N) is 2. The molecule has 0 aliphatic rings. The lowest BCUT2D eigenvalue weighted by molar-refractivity contribution is 0.110. The molecular formula is C17H16N2O3. The van der Waals surface area contributed by atoms with Crippen LogP contribution >= 0.6 is 0 Å².